The first kappa shape index (κ1) is 25.8. The summed E-state index contributed by atoms with van der Waals surface area (Å²) >= 11 is 0. The average molecular weight is 322 g/mol. The largest absolute Gasteiger partial charge is 0.481 e. The summed E-state index contributed by atoms with van der Waals surface area (Å²) in [6.45, 7) is 3.87. The molecule has 6 heteroatoms. The first-order chi connectivity index (χ1) is 10.5. The molecule has 0 aromatic heterocycles. The molecule has 0 bridgehead atoms. The Balaban J connectivity index is -0.000000298. The van der Waals surface area contributed by atoms with Gasteiger partial charge in [-0.3, -0.25) is 9.59 Å². The Hall–Kier alpha value is -1.14. The monoisotopic (exact) mass is 322 g/mol. The van der Waals surface area contributed by atoms with Gasteiger partial charge in [0.15, 0.2) is 0 Å². The highest BCUT2D eigenvalue weighted by atomic mass is 16.4. The highest BCUT2D eigenvalue weighted by Crippen LogP contribution is 2.07. The number of rotatable bonds is 11. The number of unbranched alkanes of at least 4 members (excludes halogenated alkanes) is 7. The fourth-order valence-electron chi connectivity index (χ4n) is 1.28. The lowest BCUT2D eigenvalue weighted by atomic mass is 10.1. The Labute approximate surface area is 134 Å². The average Bonchev–Trinajstić information content (AvgIpc) is 2.51. The molecular weight excluding hydrogens is 288 g/mol. The number of aliphatic hydroxyl groups is 2. The smallest absolute Gasteiger partial charge is 0.303 e. The van der Waals surface area contributed by atoms with Crippen LogP contribution in [0.15, 0.2) is 0 Å². The number of aliphatic hydroxyl groups excluding tert-OH is 2. The first-order valence-electron chi connectivity index (χ1n) is 8.11. The van der Waals surface area contributed by atoms with Crippen LogP contribution in [-0.4, -0.2) is 45.6 Å². The van der Waals surface area contributed by atoms with Crippen LogP contribution in [0.1, 0.15) is 78.1 Å². The van der Waals surface area contributed by atoms with Gasteiger partial charge in [-0.05, 0) is 12.8 Å². The summed E-state index contributed by atoms with van der Waals surface area (Å²) in [4.78, 5) is 18.7. The molecular formula is C16H34O6. The summed E-state index contributed by atoms with van der Waals surface area (Å²) < 4.78 is 0. The number of aliphatic carboxylic acids is 2. The van der Waals surface area contributed by atoms with Crippen molar-refractivity contribution in [3.8, 4) is 0 Å². The molecule has 0 spiro atoms. The third-order valence-electron chi connectivity index (χ3n) is 2.67. The Morgan fingerprint density at radius 3 is 0.909 bits per heavy atom. The lowest BCUT2D eigenvalue weighted by molar-refractivity contribution is -0.137. The van der Waals surface area contributed by atoms with Gasteiger partial charge >= 0.3 is 11.9 Å². The molecule has 22 heavy (non-hydrogen) atoms. The summed E-state index contributed by atoms with van der Waals surface area (Å²) in [5, 5.41) is 32.5. The van der Waals surface area contributed by atoms with Crippen LogP contribution in [0.3, 0.4) is 0 Å². The van der Waals surface area contributed by atoms with E-state index < -0.39 is 11.9 Å². The predicted molar refractivity (Wildman–Crippen MR) is 87.0 cm³/mol. The van der Waals surface area contributed by atoms with Gasteiger partial charge in [-0.15, -0.1) is 0 Å². The van der Waals surface area contributed by atoms with Crippen LogP contribution in [0.2, 0.25) is 0 Å². The van der Waals surface area contributed by atoms with Crippen molar-refractivity contribution in [1.29, 1.82) is 0 Å². The molecule has 134 valence electrons. The van der Waals surface area contributed by atoms with E-state index in [2.05, 4.69) is 0 Å². The Morgan fingerprint density at radius 1 is 0.591 bits per heavy atom. The van der Waals surface area contributed by atoms with Crippen molar-refractivity contribution < 1.29 is 30.0 Å². The predicted octanol–water partition coefficient (Wildman–Crippen LogP) is 3.05. The molecule has 0 heterocycles. The summed E-state index contributed by atoms with van der Waals surface area (Å²) in [6, 6.07) is 0. The molecule has 0 unspecified atom stereocenters. The van der Waals surface area contributed by atoms with E-state index in [-0.39, 0.29) is 12.8 Å². The first-order valence-corrected chi connectivity index (χ1v) is 8.11. The molecule has 0 radical (unpaired) electrons. The zero-order valence-electron chi connectivity index (χ0n) is 14.1. The van der Waals surface area contributed by atoms with Crippen molar-refractivity contribution in [3.63, 3.8) is 0 Å². The van der Waals surface area contributed by atoms with Gasteiger partial charge in [0.25, 0.3) is 0 Å². The normalized spacial score (nSPS) is 9.09. The number of carboxylic acids is 2. The van der Waals surface area contributed by atoms with E-state index in [1.807, 2.05) is 0 Å². The van der Waals surface area contributed by atoms with Crippen LogP contribution in [0.25, 0.3) is 0 Å². The summed E-state index contributed by atoms with van der Waals surface area (Å²) in [6.07, 6.45) is 9.75. The van der Waals surface area contributed by atoms with Crippen molar-refractivity contribution in [1.82, 2.24) is 0 Å². The minimum absolute atomic E-state index is 0.222. The minimum Gasteiger partial charge on any atom is -0.481 e. The summed E-state index contributed by atoms with van der Waals surface area (Å²) in [7, 11) is 0. The van der Waals surface area contributed by atoms with E-state index >= 15 is 0 Å². The van der Waals surface area contributed by atoms with Crippen molar-refractivity contribution in [2.45, 2.75) is 78.1 Å². The number of hydrogen-bond donors (Lipinski definition) is 4. The molecule has 6 nitrogen and oxygen atoms in total. The van der Waals surface area contributed by atoms with Gasteiger partial charge in [-0.2, -0.15) is 0 Å². The fourth-order valence-corrected chi connectivity index (χ4v) is 1.28. The van der Waals surface area contributed by atoms with E-state index in [9.17, 15) is 9.59 Å². The highest BCUT2D eigenvalue weighted by molar-refractivity contribution is 5.66. The number of hydrogen-bond acceptors (Lipinski definition) is 4. The van der Waals surface area contributed by atoms with Crippen molar-refractivity contribution in [2.75, 3.05) is 13.2 Å². The Morgan fingerprint density at radius 2 is 0.773 bits per heavy atom. The third kappa shape index (κ3) is 42.8. The molecule has 0 aliphatic carbocycles. The van der Waals surface area contributed by atoms with Crippen LogP contribution in [-0.2, 0) is 9.59 Å². The highest BCUT2D eigenvalue weighted by Gasteiger charge is 1.90. The SMILES string of the molecule is CCC(=O)O.CCC(=O)O.OCCCCCCCCCCO. The number of carboxylic acid groups (broad SMARTS) is 2. The molecule has 4 N–H and O–H groups in total. The zero-order valence-corrected chi connectivity index (χ0v) is 14.1. The van der Waals surface area contributed by atoms with E-state index in [0.717, 1.165) is 25.7 Å². The Bertz CT molecular complexity index is 207. The second-order valence-electron chi connectivity index (χ2n) is 4.77. The standard InChI is InChI=1S/C10H22O2.2C3H6O2/c11-9-7-5-3-1-2-4-6-8-10-12;2*1-2-3(4)5/h11-12H,1-10H2;2*2H2,1H3,(H,4,5). The fraction of sp³-hybridized carbons (Fsp3) is 0.875. The third-order valence-corrected chi connectivity index (χ3v) is 2.67. The van der Waals surface area contributed by atoms with E-state index in [4.69, 9.17) is 20.4 Å². The van der Waals surface area contributed by atoms with Crippen LogP contribution < -0.4 is 0 Å². The van der Waals surface area contributed by atoms with Crippen molar-refractivity contribution in [2.24, 2.45) is 0 Å². The molecule has 0 aromatic carbocycles. The van der Waals surface area contributed by atoms with Gasteiger partial charge in [0, 0.05) is 26.1 Å². The quantitative estimate of drug-likeness (QED) is 0.435. The topological polar surface area (TPSA) is 115 Å². The molecule has 0 amide bonds. The van der Waals surface area contributed by atoms with Gasteiger partial charge in [0.05, 0.1) is 0 Å². The molecule has 0 saturated carbocycles. The molecule has 0 aliphatic heterocycles. The van der Waals surface area contributed by atoms with Crippen LogP contribution >= 0.6 is 0 Å². The van der Waals surface area contributed by atoms with Gasteiger partial charge in [0.2, 0.25) is 0 Å². The van der Waals surface area contributed by atoms with E-state index in [0.29, 0.717) is 13.2 Å². The number of carbonyl (C=O) groups is 2. The maximum absolute atomic E-state index is 9.37. The molecule has 0 saturated heterocycles. The van der Waals surface area contributed by atoms with Crippen molar-refractivity contribution in [3.05, 3.63) is 0 Å². The molecule has 0 rings (SSSR count). The van der Waals surface area contributed by atoms with Crippen LogP contribution in [0.4, 0.5) is 0 Å². The summed E-state index contributed by atoms with van der Waals surface area (Å²) in [5.41, 5.74) is 0. The van der Waals surface area contributed by atoms with Gasteiger partial charge < -0.3 is 20.4 Å². The second kappa shape index (κ2) is 24.9. The minimum atomic E-state index is -0.745. The Kier molecular flexibility index (Phi) is 29.1. The molecule has 0 fully saturated rings. The zero-order chi connectivity index (χ0) is 17.6. The van der Waals surface area contributed by atoms with Crippen LogP contribution in [0, 0.1) is 0 Å². The molecule has 0 aromatic rings. The lowest BCUT2D eigenvalue weighted by Crippen LogP contribution is -1.86. The lowest BCUT2D eigenvalue weighted by Gasteiger charge is -1.99. The van der Waals surface area contributed by atoms with Crippen molar-refractivity contribution >= 4 is 11.9 Å². The van der Waals surface area contributed by atoms with Gasteiger partial charge in [-0.25, -0.2) is 0 Å². The second-order valence-corrected chi connectivity index (χ2v) is 4.77. The maximum atomic E-state index is 9.37. The summed E-state index contributed by atoms with van der Waals surface area (Å²) in [5.74, 6) is -1.49. The molecule has 0 atom stereocenters. The maximum Gasteiger partial charge on any atom is 0.303 e. The van der Waals surface area contributed by atoms with Crippen LogP contribution in [0.5, 0.6) is 0 Å². The van der Waals surface area contributed by atoms with E-state index in [1.54, 1.807) is 13.8 Å². The van der Waals surface area contributed by atoms with Gasteiger partial charge in [0.1, 0.15) is 0 Å². The van der Waals surface area contributed by atoms with E-state index in [1.165, 1.54) is 25.7 Å². The molecule has 0 aliphatic rings. The van der Waals surface area contributed by atoms with Gasteiger partial charge in [-0.1, -0.05) is 52.4 Å².